The molecular weight excluding hydrogens is 264 g/mol. The van der Waals surface area contributed by atoms with Crippen molar-refractivity contribution in [2.24, 2.45) is 5.41 Å². The Morgan fingerprint density at radius 3 is 2.81 bits per heavy atom. The van der Waals surface area contributed by atoms with Gasteiger partial charge in [-0.3, -0.25) is 4.90 Å². The fraction of sp³-hybridized carbons (Fsp3) is 0.647. The Labute approximate surface area is 127 Å². The van der Waals surface area contributed by atoms with Crippen molar-refractivity contribution in [2.45, 2.75) is 26.3 Å². The van der Waals surface area contributed by atoms with E-state index >= 15 is 0 Å². The third kappa shape index (κ3) is 2.93. The topological polar surface area (TPSA) is 44.7 Å². The van der Waals surface area contributed by atoms with E-state index in [9.17, 15) is 5.11 Å². The van der Waals surface area contributed by atoms with Crippen molar-refractivity contribution in [3.8, 4) is 5.75 Å². The molecule has 0 bridgehead atoms. The van der Waals surface area contributed by atoms with Crippen molar-refractivity contribution in [1.29, 1.82) is 0 Å². The van der Waals surface area contributed by atoms with Crippen molar-refractivity contribution in [3.05, 3.63) is 29.3 Å². The largest absolute Gasteiger partial charge is 0.493 e. The van der Waals surface area contributed by atoms with Crippen LogP contribution in [0.2, 0.25) is 0 Å². The van der Waals surface area contributed by atoms with Crippen molar-refractivity contribution < 1.29 is 9.84 Å². The van der Waals surface area contributed by atoms with Gasteiger partial charge in [0.05, 0.1) is 6.61 Å². The molecule has 3 rings (SSSR count). The summed E-state index contributed by atoms with van der Waals surface area (Å²) in [7, 11) is 0. The number of hydrogen-bond acceptors (Lipinski definition) is 4. The molecular formula is C17H26N2O2. The van der Waals surface area contributed by atoms with E-state index in [4.69, 9.17) is 4.74 Å². The van der Waals surface area contributed by atoms with Crippen LogP contribution in [0.25, 0.3) is 0 Å². The third-order valence-corrected chi connectivity index (χ3v) is 4.69. The van der Waals surface area contributed by atoms with Crippen LogP contribution in [-0.4, -0.2) is 49.4 Å². The first-order valence-corrected chi connectivity index (χ1v) is 7.93. The minimum absolute atomic E-state index is 0.162. The van der Waals surface area contributed by atoms with E-state index in [2.05, 4.69) is 42.3 Å². The number of hydrogen-bond donors (Lipinski definition) is 2. The van der Waals surface area contributed by atoms with Gasteiger partial charge in [-0.15, -0.1) is 0 Å². The SMILES string of the molecule is CC(C)(CO)[C@@H](c1ccc2c(c1)CCO2)N1CCNCC1. The van der Waals surface area contributed by atoms with Gasteiger partial charge in [0.1, 0.15) is 5.75 Å². The van der Waals surface area contributed by atoms with Crippen LogP contribution in [0.3, 0.4) is 0 Å². The summed E-state index contributed by atoms with van der Waals surface area (Å²) >= 11 is 0. The van der Waals surface area contributed by atoms with Gasteiger partial charge in [-0.2, -0.15) is 0 Å². The lowest BCUT2D eigenvalue weighted by Crippen LogP contribution is -2.49. The lowest BCUT2D eigenvalue weighted by Gasteiger charge is -2.43. The standard InChI is InChI=1S/C17H26N2O2/c1-17(2,12-20)16(19-8-6-18-7-9-19)14-3-4-15-13(11-14)5-10-21-15/h3-4,11,16,18,20H,5-10,12H2,1-2H3/t16-/m1/s1. The van der Waals surface area contributed by atoms with Crippen LogP contribution < -0.4 is 10.1 Å². The fourth-order valence-electron chi connectivity index (χ4n) is 3.56. The zero-order valence-corrected chi connectivity index (χ0v) is 13.1. The highest BCUT2D eigenvalue weighted by atomic mass is 16.5. The molecule has 116 valence electrons. The number of benzene rings is 1. The molecule has 2 aliphatic rings. The van der Waals surface area contributed by atoms with E-state index in [1.54, 1.807) is 0 Å². The molecule has 2 heterocycles. The Balaban J connectivity index is 1.94. The summed E-state index contributed by atoms with van der Waals surface area (Å²) in [5.41, 5.74) is 2.45. The van der Waals surface area contributed by atoms with Crippen LogP contribution in [0, 0.1) is 5.41 Å². The van der Waals surface area contributed by atoms with Gasteiger partial charge < -0.3 is 15.2 Å². The molecule has 0 saturated carbocycles. The number of fused-ring (bicyclic) bond motifs is 1. The predicted octanol–water partition coefficient (Wildman–Crippen LogP) is 1.59. The normalized spacial score (nSPS) is 20.9. The monoisotopic (exact) mass is 290 g/mol. The number of piperazine rings is 1. The van der Waals surface area contributed by atoms with E-state index in [0.29, 0.717) is 0 Å². The first-order chi connectivity index (χ1) is 10.1. The molecule has 1 saturated heterocycles. The Hall–Kier alpha value is -1.10. The fourth-order valence-corrected chi connectivity index (χ4v) is 3.56. The molecule has 1 aromatic carbocycles. The molecule has 0 unspecified atom stereocenters. The summed E-state index contributed by atoms with van der Waals surface area (Å²) in [6, 6.07) is 6.80. The number of ether oxygens (including phenoxy) is 1. The van der Waals surface area contributed by atoms with Gasteiger partial charge in [0.25, 0.3) is 0 Å². The van der Waals surface area contributed by atoms with Crippen LogP contribution >= 0.6 is 0 Å². The number of nitrogens with zero attached hydrogens (tertiary/aromatic N) is 1. The molecule has 0 aromatic heterocycles. The minimum atomic E-state index is -0.162. The highest BCUT2D eigenvalue weighted by molar-refractivity contribution is 5.41. The van der Waals surface area contributed by atoms with Gasteiger partial charge in [-0.05, 0) is 17.2 Å². The quantitative estimate of drug-likeness (QED) is 0.884. The molecule has 4 nitrogen and oxygen atoms in total. The van der Waals surface area contributed by atoms with Gasteiger partial charge in [0.15, 0.2) is 0 Å². The van der Waals surface area contributed by atoms with E-state index in [0.717, 1.165) is 45.0 Å². The van der Waals surface area contributed by atoms with Gasteiger partial charge in [-0.25, -0.2) is 0 Å². The highest BCUT2D eigenvalue weighted by Crippen LogP contribution is 2.40. The molecule has 2 N–H and O–H groups in total. The van der Waals surface area contributed by atoms with E-state index in [-0.39, 0.29) is 18.1 Å². The maximum atomic E-state index is 9.88. The molecule has 1 aromatic rings. The molecule has 2 aliphatic heterocycles. The summed E-state index contributed by atoms with van der Waals surface area (Å²) in [4.78, 5) is 2.50. The van der Waals surface area contributed by atoms with Crippen molar-refractivity contribution in [3.63, 3.8) is 0 Å². The van der Waals surface area contributed by atoms with Crippen molar-refractivity contribution in [1.82, 2.24) is 10.2 Å². The Morgan fingerprint density at radius 1 is 1.33 bits per heavy atom. The highest BCUT2D eigenvalue weighted by Gasteiger charge is 2.36. The zero-order valence-electron chi connectivity index (χ0n) is 13.1. The first kappa shape index (κ1) is 14.8. The number of aliphatic hydroxyl groups excluding tert-OH is 1. The Bertz CT molecular complexity index is 496. The van der Waals surface area contributed by atoms with Crippen molar-refractivity contribution in [2.75, 3.05) is 39.4 Å². The van der Waals surface area contributed by atoms with E-state index in [1.165, 1.54) is 11.1 Å². The van der Waals surface area contributed by atoms with E-state index in [1.807, 2.05) is 0 Å². The molecule has 1 atom stereocenters. The maximum Gasteiger partial charge on any atom is 0.122 e. The van der Waals surface area contributed by atoms with Crippen LogP contribution in [0.15, 0.2) is 18.2 Å². The molecule has 0 amide bonds. The van der Waals surface area contributed by atoms with E-state index < -0.39 is 0 Å². The van der Waals surface area contributed by atoms with Gasteiger partial charge >= 0.3 is 0 Å². The predicted molar refractivity (Wildman–Crippen MR) is 83.7 cm³/mol. The van der Waals surface area contributed by atoms with Gasteiger partial charge in [-0.1, -0.05) is 26.0 Å². The summed E-state index contributed by atoms with van der Waals surface area (Å²) in [5, 5.41) is 13.3. The second kappa shape index (κ2) is 5.95. The molecule has 1 fully saturated rings. The van der Waals surface area contributed by atoms with Gasteiger partial charge in [0.2, 0.25) is 0 Å². The minimum Gasteiger partial charge on any atom is -0.493 e. The van der Waals surface area contributed by atoms with Crippen molar-refractivity contribution >= 4 is 0 Å². The average Bonchev–Trinajstić information content (AvgIpc) is 2.96. The van der Waals surface area contributed by atoms with Crippen LogP contribution in [0.1, 0.15) is 31.0 Å². The second-order valence-corrected chi connectivity index (χ2v) is 6.80. The van der Waals surface area contributed by atoms with Gasteiger partial charge in [0, 0.05) is 50.7 Å². The van der Waals surface area contributed by atoms with Crippen LogP contribution in [0.4, 0.5) is 0 Å². The Kier molecular flexibility index (Phi) is 4.20. The number of rotatable bonds is 4. The molecule has 4 heteroatoms. The summed E-state index contributed by atoms with van der Waals surface area (Å²) in [6.07, 6.45) is 0.997. The third-order valence-electron chi connectivity index (χ3n) is 4.69. The molecule has 21 heavy (non-hydrogen) atoms. The zero-order chi connectivity index (χ0) is 14.9. The Morgan fingerprint density at radius 2 is 2.10 bits per heavy atom. The average molecular weight is 290 g/mol. The smallest absolute Gasteiger partial charge is 0.122 e. The summed E-state index contributed by atoms with van der Waals surface area (Å²) < 4.78 is 5.62. The summed E-state index contributed by atoms with van der Waals surface area (Å²) in [6.45, 7) is 9.39. The molecule has 0 spiro atoms. The lowest BCUT2D eigenvalue weighted by atomic mass is 9.79. The first-order valence-electron chi connectivity index (χ1n) is 7.93. The second-order valence-electron chi connectivity index (χ2n) is 6.80. The maximum absolute atomic E-state index is 9.88. The lowest BCUT2D eigenvalue weighted by molar-refractivity contribution is 0.0305. The molecule has 0 radical (unpaired) electrons. The van der Waals surface area contributed by atoms with Crippen LogP contribution in [-0.2, 0) is 6.42 Å². The molecule has 0 aliphatic carbocycles. The number of nitrogens with one attached hydrogen (secondary N) is 1. The van der Waals surface area contributed by atoms with Crippen LogP contribution in [0.5, 0.6) is 5.75 Å². The summed E-state index contributed by atoms with van der Waals surface area (Å²) in [5.74, 6) is 1.03. The number of aliphatic hydroxyl groups is 1.